The van der Waals surface area contributed by atoms with Crippen LogP contribution in [0.25, 0.3) is 0 Å². The van der Waals surface area contributed by atoms with Crippen LogP contribution in [0.1, 0.15) is 35.9 Å². The summed E-state index contributed by atoms with van der Waals surface area (Å²) in [6.45, 7) is 8.19. The van der Waals surface area contributed by atoms with Crippen molar-refractivity contribution in [3.63, 3.8) is 0 Å². The van der Waals surface area contributed by atoms with Crippen molar-refractivity contribution in [2.24, 2.45) is 10.9 Å². The molecule has 2 fully saturated rings. The third kappa shape index (κ3) is 5.21. The van der Waals surface area contributed by atoms with Crippen LogP contribution in [0.4, 0.5) is 5.69 Å². The van der Waals surface area contributed by atoms with Crippen molar-refractivity contribution in [3.8, 4) is 0 Å². The maximum absolute atomic E-state index is 12.4. The number of aliphatic imine (C=N–C) groups is 1. The minimum absolute atomic E-state index is 0.0455. The van der Waals surface area contributed by atoms with Gasteiger partial charge in [-0.05, 0) is 48.6 Å². The molecule has 2 aromatic rings. The average Bonchev–Trinajstić information content (AvgIpc) is 3.35. The van der Waals surface area contributed by atoms with Crippen molar-refractivity contribution in [1.82, 2.24) is 15.1 Å². The van der Waals surface area contributed by atoms with E-state index in [9.17, 15) is 4.79 Å². The second-order valence-corrected chi connectivity index (χ2v) is 8.49. The summed E-state index contributed by atoms with van der Waals surface area (Å²) in [7, 11) is 1.81. The highest BCUT2D eigenvalue weighted by molar-refractivity contribution is 5.91. The lowest BCUT2D eigenvalue weighted by atomic mass is 9.99. The van der Waals surface area contributed by atoms with Crippen LogP contribution in [0, 0.1) is 5.92 Å². The fraction of sp³-hybridized carbons (Fsp3) is 0.500. The quantitative estimate of drug-likeness (QED) is 0.605. The largest absolute Gasteiger partial charge is 0.459 e. The molecule has 0 unspecified atom stereocenters. The topological polar surface area (TPSA) is 64.3 Å². The van der Waals surface area contributed by atoms with Gasteiger partial charge in [-0.2, -0.15) is 0 Å². The molecule has 1 aromatic carbocycles. The zero-order valence-electron chi connectivity index (χ0n) is 18.6. The van der Waals surface area contributed by atoms with Crippen LogP contribution in [0.5, 0.6) is 0 Å². The number of amides is 1. The van der Waals surface area contributed by atoms with Gasteiger partial charge in [0.15, 0.2) is 11.7 Å². The fourth-order valence-electron chi connectivity index (χ4n) is 4.28. The highest BCUT2D eigenvalue weighted by Gasteiger charge is 2.25. The summed E-state index contributed by atoms with van der Waals surface area (Å²) in [4.78, 5) is 23.4. The first kappa shape index (κ1) is 21.3. The molecule has 2 aliphatic heterocycles. The molecule has 2 saturated heterocycles. The smallest absolute Gasteiger partial charge is 0.289 e. The highest BCUT2D eigenvalue weighted by atomic mass is 16.3. The predicted octanol–water partition coefficient (Wildman–Crippen LogP) is 3.05. The van der Waals surface area contributed by atoms with Gasteiger partial charge in [0.2, 0.25) is 0 Å². The zero-order chi connectivity index (χ0) is 21.6. The lowest BCUT2D eigenvalue weighted by Gasteiger charge is -2.36. The van der Waals surface area contributed by atoms with Crippen LogP contribution < -0.4 is 10.2 Å². The molecule has 0 radical (unpaired) electrons. The van der Waals surface area contributed by atoms with E-state index in [1.807, 2.05) is 11.9 Å². The van der Waals surface area contributed by atoms with E-state index in [-0.39, 0.29) is 5.91 Å². The van der Waals surface area contributed by atoms with Crippen LogP contribution in [0.2, 0.25) is 0 Å². The van der Waals surface area contributed by atoms with Crippen molar-refractivity contribution in [3.05, 3.63) is 54.0 Å². The van der Waals surface area contributed by atoms with Gasteiger partial charge in [-0.3, -0.25) is 9.79 Å². The molecule has 3 heterocycles. The second kappa shape index (κ2) is 9.90. The Labute approximate surface area is 184 Å². The number of hydrogen-bond acceptors (Lipinski definition) is 4. The Hall–Kier alpha value is -2.96. The van der Waals surface area contributed by atoms with E-state index < -0.39 is 0 Å². The molecule has 0 aliphatic carbocycles. The van der Waals surface area contributed by atoms with Crippen molar-refractivity contribution in [1.29, 1.82) is 0 Å². The number of carbonyl (C=O) groups excluding carboxylic acids is 1. The SMILES string of the molecule is CN=C(NCc1ccc(N2CCC(C)CC2)cc1)N1CCN(C(=O)c2ccco2)CC1. The highest BCUT2D eigenvalue weighted by Crippen LogP contribution is 2.23. The number of rotatable bonds is 4. The molecule has 4 rings (SSSR count). The van der Waals surface area contributed by atoms with E-state index in [4.69, 9.17) is 4.42 Å². The molecule has 166 valence electrons. The van der Waals surface area contributed by atoms with Gasteiger partial charge in [-0.15, -0.1) is 0 Å². The standard InChI is InChI=1S/C24H33N5O2/c1-19-9-11-27(12-10-19)21-7-5-20(6-8-21)18-26-24(25-2)29-15-13-28(14-16-29)23(30)22-4-3-17-31-22/h3-8,17,19H,9-16,18H2,1-2H3,(H,25,26). The lowest BCUT2D eigenvalue weighted by molar-refractivity contribution is 0.0657. The zero-order valence-corrected chi connectivity index (χ0v) is 18.6. The number of nitrogens with one attached hydrogen (secondary N) is 1. The summed E-state index contributed by atoms with van der Waals surface area (Å²) in [6.07, 6.45) is 4.09. The Balaban J connectivity index is 1.26. The first-order chi connectivity index (χ1) is 15.1. The summed E-state index contributed by atoms with van der Waals surface area (Å²) in [6, 6.07) is 12.3. The molecule has 0 spiro atoms. The summed E-state index contributed by atoms with van der Waals surface area (Å²) < 4.78 is 5.24. The van der Waals surface area contributed by atoms with Crippen molar-refractivity contribution in [2.45, 2.75) is 26.3 Å². The van der Waals surface area contributed by atoms with Gasteiger partial charge < -0.3 is 24.4 Å². The third-order valence-corrected chi connectivity index (χ3v) is 6.35. The van der Waals surface area contributed by atoms with Gasteiger partial charge in [-0.25, -0.2) is 0 Å². The Kier molecular flexibility index (Phi) is 6.79. The molecule has 1 amide bonds. The van der Waals surface area contributed by atoms with Crippen molar-refractivity contribution < 1.29 is 9.21 Å². The number of benzene rings is 1. The summed E-state index contributed by atoms with van der Waals surface area (Å²) >= 11 is 0. The number of hydrogen-bond donors (Lipinski definition) is 1. The number of guanidine groups is 1. The molecular weight excluding hydrogens is 390 g/mol. The molecule has 0 bridgehead atoms. The molecule has 31 heavy (non-hydrogen) atoms. The molecular formula is C24H33N5O2. The summed E-state index contributed by atoms with van der Waals surface area (Å²) in [5, 5.41) is 3.47. The number of carbonyl (C=O) groups is 1. The van der Waals surface area contributed by atoms with Crippen LogP contribution in [0.3, 0.4) is 0 Å². The third-order valence-electron chi connectivity index (χ3n) is 6.35. The number of nitrogens with zero attached hydrogens (tertiary/aromatic N) is 4. The predicted molar refractivity (Wildman–Crippen MR) is 123 cm³/mol. The van der Waals surface area contributed by atoms with Crippen molar-refractivity contribution >= 4 is 17.6 Å². The fourth-order valence-corrected chi connectivity index (χ4v) is 4.28. The van der Waals surface area contributed by atoms with Gasteiger partial charge in [0.25, 0.3) is 5.91 Å². The molecule has 0 saturated carbocycles. The number of furan rings is 1. The normalized spacial score (nSPS) is 18.4. The van der Waals surface area contributed by atoms with E-state index in [2.05, 4.69) is 51.3 Å². The van der Waals surface area contributed by atoms with E-state index >= 15 is 0 Å². The average molecular weight is 424 g/mol. The van der Waals surface area contributed by atoms with E-state index in [1.165, 1.54) is 30.4 Å². The van der Waals surface area contributed by atoms with Crippen LogP contribution in [-0.2, 0) is 6.54 Å². The Morgan fingerprint density at radius 3 is 2.32 bits per heavy atom. The Morgan fingerprint density at radius 1 is 1.03 bits per heavy atom. The number of piperazine rings is 1. The second-order valence-electron chi connectivity index (χ2n) is 8.49. The lowest BCUT2D eigenvalue weighted by Crippen LogP contribution is -2.53. The maximum Gasteiger partial charge on any atom is 0.289 e. The van der Waals surface area contributed by atoms with E-state index in [0.29, 0.717) is 18.8 Å². The summed E-state index contributed by atoms with van der Waals surface area (Å²) in [5.41, 5.74) is 2.55. The van der Waals surface area contributed by atoms with E-state index in [1.54, 1.807) is 12.1 Å². The molecule has 1 aromatic heterocycles. The first-order valence-corrected chi connectivity index (χ1v) is 11.3. The minimum Gasteiger partial charge on any atom is -0.459 e. The maximum atomic E-state index is 12.4. The van der Waals surface area contributed by atoms with Crippen LogP contribution >= 0.6 is 0 Å². The summed E-state index contributed by atoms with van der Waals surface area (Å²) in [5.74, 6) is 2.07. The first-order valence-electron chi connectivity index (χ1n) is 11.3. The number of anilines is 1. The number of piperidine rings is 1. The molecule has 2 aliphatic rings. The minimum atomic E-state index is -0.0455. The van der Waals surface area contributed by atoms with Crippen LogP contribution in [0.15, 0.2) is 52.1 Å². The van der Waals surface area contributed by atoms with E-state index in [0.717, 1.165) is 44.6 Å². The molecule has 0 atom stereocenters. The monoisotopic (exact) mass is 423 g/mol. The molecule has 1 N–H and O–H groups in total. The molecule has 7 heteroatoms. The van der Waals surface area contributed by atoms with Crippen LogP contribution in [-0.4, -0.2) is 68.0 Å². The van der Waals surface area contributed by atoms with Gasteiger partial charge in [0, 0.05) is 58.5 Å². The van der Waals surface area contributed by atoms with Gasteiger partial charge in [0.1, 0.15) is 0 Å². The van der Waals surface area contributed by atoms with Crippen molar-refractivity contribution in [2.75, 3.05) is 51.2 Å². The van der Waals surface area contributed by atoms with Gasteiger partial charge >= 0.3 is 0 Å². The van der Waals surface area contributed by atoms with Gasteiger partial charge in [-0.1, -0.05) is 19.1 Å². The Bertz CT molecular complexity index is 862. The Morgan fingerprint density at radius 2 is 1.71 bits per heavy atom. The molecule has 7 nitrogen and oxygen atoms in total. The van der Waals surface area contributed by atoms with Gasteiger partial charge in [0.05, 0.1) is 6.26 Å².